The first-order valence-corrected chi connectivity index (χ1v) is 6.17. The minimum atomic E-state index is -0.136. The van der Waals surface area contributed by atoms with Gasteiger partial charge in [0.1, 0.15) is 0 Å². The van der Waals surface area contributed by atoms with E-state index in [9.17, 15) is 4.79 Å². The number of amides is 1. The molecule has 2 rings (SSSR count). The van der Waals surface area contributed by atoms with Gasteiger partial charge < -0.3 is 20.9 Å². The average Bonchev–Trinajstić information content (AvgIpc) is 2.39. The highest BCUT2D eigenvalue weighted by atomic mass is 16.1. The second kappa shape index (κ2) is 5.27. The highest BCUT2D eigenvalue weighted by molar-refractivity contribution is 5.99. The number of nitrogens with zero attached hydrogens (tertiary/aromatic N) is 2. The Hall–Kier alpha value is -1.75. The van der Waals surface area contributed by atoms with E-state index in [1.807, 2.05) is 12.1 Å². The van der Waals surface area contributed by atoms with Crippen LogP contribution < -0.4 is 16.0 Å². The molecule has 1 amide bonds. The molecule has 0 aliphatic carbocycles. The van der Waals surface area contributed by atoms with E-state index in [1.165, 1.54) is 0 Å². The van der Waals surface area contributed by atoms with E-state index >= 15 is 0 Å². The van der Waals surface area contributed by atoms with Crippen LogP contribution in [0.5, 0.6) is 0 Å². The fourth-order valence-electron chi connectivity index (χ4n) is 2.14. The van der Waals surface area contributed by atoms with Gasteiger partial charge in [-0.15, -0.1) is 0 Å². The summed E-state index contributed by atoms with van der Waals surface area (Å²) in [6.45, 7) is 4.04. The number of nitrogens with one attached hydrogen (secondary N) is 1. The lowest BCUT2D eigenvalue weighted by atomic mass is 10.1. The summed E-state index contributed by atoms with van der Waals surface area (Å²) in [5.74, 6) is -0.136. The monoisotopic (exact) mass is 248 g/mol. The van der Waals surface area contributed by atoms with Gasteiger partial charge in [0.2, 0.25) is 0 Å². The Bertz CT molecular complexity index is 439. The maximum Gasteiger partial charge on any atom is 0.253 e. The van der Waals surface area contributed by atoms with Crippen LogP contribution in [0.2, 0.25) is 0 Å². The molecular weight excluding hydrogens is 228 g/mol. The van der Waals surface area contributed by atoms with Gasteiger partial charge in [-0.1, -0.05) is 0 Å². The number of hydrogen-bond donors (Lipinski definition) is 2. The predicted molar refractivity (Wildman–Crippen MR) is 74.0 cm³/mol. The van der Waals surface area contributed by atoms with Crippen molar-refractivity contribution in [2.75, 3.05) is 50.9 Å². The lowest BCUT2D eigenvalue weighted by Gasteiger charge is -2.34. The molecule has 1 aliphatic rings. The second-order valence-corrected chi connectivity index (χ2v) is 4.64. The molecule has 5 heteroatoms. The van der Waals surface area contributed by atoms with Gasteiger partial charge in [0.25, 0.3) is 5.91 Å². The SMILES string of the molecule is CNC(=O)c1cc(N2CCN(C)CC2)ccc1N. The summed E-state index contributed by atoms with van der Waals surface area (Å²) in [6, 6.07) is 5.66. The molecule has 1 aromatic carbocycles. The highest BCUT2D eigenvalue weighted by Crippen LogP contribution is 2.22. The van der Waals surface area contributed by atoms with Gasteiger partial charge in [0.15, 0.2) is 0 Å². The molecule has 1 heterocycles. The quantitative estimate of drug-likeness (QED) is 0.743. The van der Waals surface area contributed by atoms with Crippen molar-refractivity contribution in [2.24, 2.45) is 0 Å². The van der Waals surface area contributed by atoms with E-state index in [0.29, 0.717) is 11.3 Å². The zero-order valence-corrected chi connectivity index (χ0v) is 10.9. The van der Waals surface area contributed by atoms with E-state index in [-0.39, 0.29) is 5.91 Å². The summed E-state index contributed by atoms with van der Waals surface area (Å²) in [6.07, 6.45) is 0. The third kappa shape index (κ3) is 2.56. The average molecular weight is 248 g/mol. The summed E-state index contributed by atoms with van der Waals surface area (Å²) in [7, 11) is 3.74. The van der Waals surface area contributed by atoms with Crippen LogP contribution in [0.25, 0.3) is 0 Å². The Balaban J connectivity index is 2.21. The molecule has 3 N–H and O–H groups in total. The van der Waals surface area contributed by atoms with Crippen molar-refractivity contribution in [1.82, 2.24) is 10.2 Å². The van der Waals surface area contributed by atoms with Crippen LogP contribution in [0.3, 0.4) is 0 Å². The van der Waals surface area contributed by atoms with Crippen molar-refractivity contribution in [1.29, 1.82) is 0 Å². The number of benzene rings is 1. The lowest BCUT2D eigenvalue weighted by Crippen LogP contribution is -2.44. The van der Waals surface area contributed by atoms with Crippen molar-refractivity contribution in [2.45, 2.75) is 0 Å². The summed E-state index contributed by atoms with van der Waals surface area (Å²) < 4.78 is 0. The molecule has 0 aromatic heterocycles. The first-order chi connectivity index (χ1) is 8.61. The molecule has 0 radical (unpaired) electrons. The molecule has 5 nitrogen and oxygen atoms in total. The Kier molecular flexibility index (Phi) is 3.72. The number of carbonyl (C=O) groups excluding carboxylic acids is 1. The zero-order valence-electron chi connectivity index (χ0n) is 10.9. The molecule has 98 valence electrons. The Morgan fingerprint density at radius 2 is 1.94 bits per heavy atom. The largest absolute Gasteiger partial charge is 0.398 e. The highest BCUT2D eigenvalue weighted by Gasteiger charge is 2.16. The molecule has 1 aliphatic heterocycles. The summed E-state index contributed by atoms with van der Waals surface area (Å²) in [4.78, 5) is 16.3. The number of anilines is 2. The predicted octanol–water partition coefficient (Wildman–Crippen LogP) is 0.380. The minimum absolute atomic E-state index is 0.136. The second-order valence-electron chi connectivity index (χ2n) is 4.64. The Morgan fingerprint density at radius 3 is 2.56 bits per heavy atom. The van der Waals surface area contributed by atoms with Crippen LogP contribution >= 0.6 is 0 Å². The molecule has 1 saturated heterocycles. The Morgan fingerprint density at radius 1 is 1.28 bits per heavy atom. The third-order valence-corrected chi connectivity index (χ3v) is 3.38. The number of rotatable bonds is 2. The number of piperazine rings is 1. The van der Waals surface area contributed by atoms with Gasteiger partial charge in [-0.05, 0) is 25.2 Å². The van der Waals surface area contributed by atoms with Crippen molar-refractivity contribution in [3.63, 3.8) is 0 Å². The maximum atomic E-state index is 11.7. The van der Waals surface area contributed by atoms with Crippen molar-refractivity contribution in [3.05, 3.63) is 23.8 Å². The van der Waals surface area contributed by atoms with E-state index in [1.54, 1.807) is 13.1 Å². The molecule has 18 heavy (non-hydrogen) atoms. The number of likely N-dealkylation sites (N-methyl/N-ethyl adjacent to an activating group) is 1. The molecule has 0 bridgehead atoms. The van der Waals surface area contributed by atoms with Crippen molar-refractivity contribution < 1.29 is 4.79 Å². The molecule has 0 saturated carbocycles. The van der Waals surface area contributed by atoms with Crippen molar-refractivity contribution >= 4 is 17.3 Å². The number of nitrogens with two attached hydrogens (primary N) is 1. The third-order valence-electron chi connectivity index (χ3n) is 3.38. The van der Waals surface area contributed by atoms with Crippen LogP contribution in [0.1, 0.15) is 10.4 Å². The van der Waals surface area contributed by atoms with Gasteiger partial charge in [-0.3, -0.25) is 4.79 Å². The van der Waals surface area contributed by atoms with Crippen LogP contribution in [0.15, 0.2) is 18.2 Å². The number of nitrogen functional groups attached to an aromatic ring is 1. The van der Waals surface area contributed by atoms with E-state index in [4.69, 9.17) is 5.73 Å². The molecule has 1 fully saturated rings. The molecule has 0 unspecified atom stereocenters. The first-order valence-electron chi connectivity index (χ1n) is 6.17. The Labute approximate surface area is 108 Å². The van der Waals surface area contributed by atoms with Gasteiger partial charge in [0, 0.05) is 44.6 Å². The normalized spacial score (nSPS) is 16.7. The molecule has 0 spiro atoms. The van der Waals surface area contributed by atoms with Crippen LogP contribution in [-0.2, 0) is 0 Å². The summed E-state index contributed by atoms with van der Waals surface area (Å²) in [5.41, 5.74) is 7.97. The van der Waals surface area contributed by atoms with Gasteiger partial charge in [0.05, 0.1) is 5.56 Å². The standard InChI is InChI=1S/C13H20N4O/c1-15-13(18)11-9-10(3-4-12(11)14)17-7-5-16(2)6-8-17/h3-4,9H,5-8,14H2,1-2H3,(H,15,18). The fourth-order valence-corrected chi connectivity index (χ4v) is 2.14. The lowest BCUT2D eigenvalue weighted by molar-refractivity contribution is 0.0964. The van der Waals surface area contributed by atoms with Gasteiger partial charge in [-0.2, -0.15) is 0 Å². The summed E-state index contributed by atoms with van der Waals surface area (Å²) in [5, 5.41) is 2.61. The van der Waals surface area contributed by atoms with Crippen LogP contribution in [-0.4, -0.2) is 51.1 Å². The zero-order chi connectivity index (χ0) is 13.1. The van der Waals surface area contributed by atoms with Crippen LogP contribution in [0.4, 0.5) is 11.4 Å². The topological polar surface area (TPSA) is 61.6 Å². The molecule has 1 aromatic rings. The molecular formula is C13H20N4O. The first kappa shape index (κ1) is 12.7. The van der Waals surface area contributed by atoms with Gasteiger partial charge >= 0.3 is 0 Å². The maximum absolute atomic E-state index is 11.7. The van der Waals surface area contributed by atoms with E-state index in [0.717, 1.165) is 31.9 Å². The van der Waals surface area contributed by atoms with E-state index in [2.05, 4.69) is 22.2 Å². The summed E-state index contributed by atoms with van der Waals surface area (Å²) >= 11 is 0. The molecule has 0 atom stereocenters. The fraction of sp³-hybridized carbons (Fsp3) is 0.462. The smallest absolute Gasteiger partial charge is 0.253 e. The minimum Gasteiger partial charge on any atom is -0.398 e. The van der Waals surface area contributed by atoms with E-state index < -0.39 is 0 Å². The number of carbonyl (C=O) groups is 1. The van der Waals surface area contributed by atoms with Crippen LogP contribution in [0, 0.1) is 0 Å². The number of hydrogen-bond acceptors (Lipinski definition) is 4. The van der Waals surface area contributed by atoms with Crippen molar-refractivity contribution in [3.8, 4) is 0 Å². The van der Waals surface area contributed by atoms with Gasteiger partial charge in [-0.25, -0.2) is 0 Å².